The van der Waals surface area contributed by atoms with Gasteiger partial charge in [0.05, 0.1) is 27.2 Å². The predicted molar refractivity (Wildman–Crippen MR) is 134 cm³/mol. The van der Waals surface area contributed by atoms with E-state index in [1.165, 1.54) is 19.4 Å². The van der Waals surface area contributed by atoms with Crippen LogP contribution in [0.2, 0.25) is 0 Å². The van der Waals surface area contributed by atoms with Crippen LogP contribution in [-0.2, 0) is 9.53 Å². The third-order valence-corrected chi connectivity index (χ3v) is 5.99. The number of hydrogen-bond acceptors (Lipinski definition) is 8. The Morgan fingerprint density at radius 3 is 1.83 bits per heavy atom. The molecule has 2 atom stereocenters. The van der Waals surface area contributed by atoms with Gasteiger partial charge in [-0.1, -0.05) is 31.2 Å². The molecule has 1 N–H and O–H groups in total. The van der Waals surface area contributed by atoms with Crippen molar-refractivity contribution in [3.63, 3.8) is 0 Å². The summed E-state index contributed by atoms with van der Waals surface area (Å²) in [4.78, 5) is 29.6. The molecule has 0 aliphatic heterocycles. The number of aromatic nitrogens is 1. The molecule has 0 saturated heterocycles. The molecule has 0 saturated carbocycles. The molecule has 8 nitrogen and oxygen atoms in total. The summed E-state index contributed by atoms with van der Waals surface area (Å²) in [6, 6.07) is 16.6. The van der Waals surface area contributed by atoms with Gasteiger partial charge in [0.15, 0.2) is 23.0 Å². The smallest absolute Gasteiger partial charge is 0.309 e. The summed E-state index contributed by atoms with van der Waals surface area (Å²) in [6.07, 6.45) is 0.653. The number of methoxy groups -OCH3 is 3. The zero-order valence-electron chi connectivity index (χ0n) is 21.1. The van der Waals surface area contributed by atoms with Crippen LogP contribution in [0.1, 0.15) is 47.8 Å². The van der Waals surface area contributed by atoms with Crippen LogP contribution in [-0.4, -0.2) is 49.3 Å². The van der Waals surface area contributed by atoms with E-state index in [4.69, 9.17) is 18.9 Å². The summed E-state index contributed by atoms with van der Waals surface area (Å²) in [5, 5.41) is 10.2. The SMILES string of the molecule is COc1ccc(C(c2ccc(OC)cc2)[C@H](C)OC(=O)[C@H](C)CC(=O)c2nccc(OC)c2O)cc1. The lowest BCUT2D eigenvalue weighted by molar-refractivity contribution is -0.153. The van der Waals surface area contributed by atoms with Gasteiger partial charge in [-0.05, 0) is 42.3 Å². The lowest BCUT2D eigenvalue weighted by Gasteiger charge is -2.26. The molecule has 2 aromatic carbocycles. The first kappa shape index (κ1) is 26.5. The van der Waals surface area contributed by atoms with Gasteiger partial charge in [0.2, 0.25) is 0 Å². The number of ether oxygens (including phenoxy) is 4. The largest absolute Gasteiger partial charge is 0.503 e. The van der Waals surface area contributed by atoms with E-state index in [2.05, 4.69) is 4.98 Å². The van der Waals surface area contributed by atoms with Crippen LogP contribution in [0, 0.1) is 5.92 Å². The molecule has 0 aliphatic rings. The minimum absolute atomic E-state index is 0.138. The van der Waals surface area contributed by atoms with E-state index in [9.17, 15) is 14.7 Å². The summed E-state index contributed by atoms with van der Waals surface area (Å²) < 4.78 is 21.4. The first-order valence-corrected chi connectivity index (χ1v) is 11.5. The molecule has 0 spiro atoms. The summed E-state index contributed by atoms with van der Waals surface area (Å²) in [5.74, 6) is -0.790. The van der Waals surface area contributed by atoms with Gasteiger partial charge >= 0.3 is 5.97 Å². The Morgan fingerprint density at radius 2 is 1.36 bits per heavy atom. The van der Waals surface area contributed by atoms with E-state index in [0.717, 1.165) is 22.6 Å². The van der Waals surface area contributed by atoms with Crippen molar-refractivity contribution >= 4 is 11.8 Å². The van der Waals surface area contributed by atoms with E-state index < -0.39 is 23.8 Å². The van der Waals surface area contributed by atoms with Crippen molar-refractivity contribution in [3.05, 3.63) is 77.6 Å². The average Bonchev–Trinajstić information content (AvgIpc) is 2.89. The molecule has 3 aromatic rings. The summed E-state index contributed by atoms with van der Waals surface area (Å²) in [5.41, 5.74) is 1.74. The molecule has 0 bridgehead atoms. The molecule has 0 aliphatic carbocycles. The minimum atomic E-state index is -0.750. The van der Waals surface area contributed by atoms with Gasteiger partial charge in [-0.15, -0.1) is 0 Å². The second-order valence-corrected chi connectivity index (χ2v) is 8.40. The number of aromatic hydroxyl groups is 1. The monoisotopic (exact) mass is 493 g/mol. The van der Waals surface area contributed by atoms with E-state index in [-0.39, 0.29) is 29.5 Å². The number of benzene rings is 2. The van der Waals surface area contributed by atoms with Crippen molar-refractivity contribution < 1.29 is 33.6 Å². The van der Waals surface area contributed by atoms with Gasteiger partial charge in [0.1, 0.15) is 17.6 Å². The number of hydrogen-bond donors (Lipinski definition) is 1. The van der Waals surface area contributed by atoms with Crippen molar-refractivity contribution in [3.8, 4) is 23.0 Å². The van der Waals surface area contributed by atoms with Crippen molar-refractivity contribution in [1.29, 1.82) is 0 Å². The molecule has 190 valence electrons. The van der Waals surface area contributed by atoms with Crippen LogP contribution >= 0.6 is 0 Å². The average molecular weight is 494 g/mol. The number of esters is 1. The number of carbonyl (C=O) groups is 2. The molecule has 3 rings (SSSR count). The Morgan fingerprint density at radius 1 is 0.833 bits per heavy atom. The zero-order chi connectivity index (χ0) is 26.2. The Hall–Kier alpha value is -4.07. The van der Waals surface area contributed by atoms with Gasteiger partial charge < -0.3 is 24.1 Å². The number of ketones is 1. The van der Waals surface area contributed by atoms with Crippen molar-refractivity contribution in [2.45, 2.75) is 32.3 Å². The predicted octanol–water partition coefficient (Wildman–Crippen LogP) is 4.79. The quantitative estimate of drug-likeness (QED) is 0.300. The van der Waals surface area contributed by atoms with E-state index >= 15 is 0 Å². The van der Waals surface area contributed by atoms with E-state index in [1.807, 2.05) is 55.5 Å². The fourth-order valence-electron chi connectivity index (χ4n) is 3.99. The molecule has 1 heterocycles. The van der Waals surface area contributed by atoms with Gasteiger partial charge in [0.25, 0.3) is 0 Å². The molecule has 0 radical (unpaired) electrons. The fraction of sp³-hybridized carbons (Fsp3) is 0.321. The Bertz CT molecular complexity index is 1130. The molecule has 0 amide bonds. The van der Waals surface area contributed by atoms with Crippen molar-refractivity contribution in [2.24, 2.45) is 5.92 Å². The molecular weight excluding hydrogens is 462 g/mol. The highest BCUT2D eigenvalue weighted by Gasteiger charge is 2.29. The molecule has 0 fully saturated rings. The van der Waals surface area contributed by atoms with E-state index in [0.29, 0.717) is 0 Å². The van der Waals surface area contributed by atoms with Gasteiger partial charge in [-0.25, -0.2) is 4.98 Å². The first-order chi connectivity index (χ1) is 17.3. The lowest BCUT2D eigenvalue weighted by Crippen LogP contribution is -2.28. The van der Waals surface area contributed by atoms with Crippen LogP contribution in [0.25, 0.3) is 0 Å². The highest BCUT2D eigenvalue weighted by Crippen LogP contribution is 2.33. The maximum Gasteiger partial charge on any atom is 0.309 e. The maximum absolute atomic E-state index is 13.0. The molecule has 1 aromatic heterocycles. The standard InChI is InChI=1S/C28H31NO7/c1-17(16-23(30)26-27(31)24(35-5)14-15-29-26)28(32)36-18(2)25(19-6-10-21(33-3)11-7-19)20-8-12-22(34-4)13-9-20/h6-15,17-18,25,31H,16H2,1-5H3/t17-,18+/m1/s1. The third kappa shape index (κ3) is 6.13. The first-order valence-electron chi connectivity index (χ1n) is 11.5. The second kappa shape index (κ2) is 12.1. The summed E-state index contributed by atoms with van der Waals surface area (Å²) in [6.45, 7) is 3.43. The van der Waals surface area contributed by atoms with E-state index in [1.54, 1.807) is 21.1 Å². The van der Waals surface area contributed by atoms with Gasteiger partial charge in [0, 0.05) is 24.6 Å². The van der Waals surface area contributed by atoms with Gasteiger partial charge in [-0.2, -0.15) is 0 Å². The van der Waals surface area contributed by atoms with Crippen LogP contribution in [0.5, 0.6) is 23.0 Å². The molecule has 36 heavy (non-hydrogen) atoms. The van der Waals surface area contributed by atoms with Gasteiger partial charge in [-0.3, -0.25) is 9.59 Å². The summed E-state index contributed by atoms with van der Waals surface area (Å²) >= 11 is 0. The van der Waals surface area contributed by atoms with Crippen LogP contribution < -0.4 is 14.2 Å². The molecule has 8 heteroatoms. The number of rotatable bonds is 11. The number of pyridine rings is 1. The second-order valence-electron chi connectivity index (χ2n) is 8.40. The highest BCUT2D eigenvalue weighted by atomic mass is 16.5. The normalized spacial score (nSPS) is 12.5. The van der Waals surface area contributed by atoms with Crippen LogP contribution in [0.3, 0.4) is 0 Å². The van der Waals surface area contributed by atoms with Crippen LogP contribution in [0.15, 0.2) is 60.8 Å². The Kier molecular flexibility index (Phi) is 8.89. The van der Waals surface area contributed by atoms with Crippen LogP contribution in [0.4, 0.5) is 0 Å². The zero-order valence-corrected chi connectivity index (χ0v) is 21.1. The summed E-state index contributed by atoms with van der Waals surface area (Å²) in [7, 11) is 4.58. The number of Topliss-reactive ketones (excluding diaryl/α,β-unsaturated/α-hetero) is 1. The number of nitrogens with zero attached hydrogens (tertiary/aromatic N) is 1. The molecule has 0 unspecified atom stereocenters. The Labute approximate surface area is 210 Å². The highest BCUT2D eigenvalue weighted by molar-refractivity contribution is 5.99. The molecular formula is C28H31NO7. The lowest BCUT2D eigenvalue weighted by atomic mass is 9.87. The third-order valence-electron chi connectivity index (χ3n) is 5.99. The number of carbonyl (C=O) groups excluding carboxylic acids is 2. The fourth-order valence-corrected chi connectivity index (χ4v) is 3.99. The minimum Gasteiger partial charge on any atom is -0.503 e. The van der Waals surface area contributed by atoms with Crippen molar-refractivity contribution in [2.75, 3.05) is 21.3 Å². The Balaban J connectivity index is 1.78. The topological polar surface area (TPSA) is 104 Å². The maximum atomic E-state index is 13.0. The van der Waals surface area contributed by atoms with Crippen molar-refractivity contribution in [1.82, 2.24) is 4.98 Å².